The van der Waals surface area contributed by atoms with Gasteiger partial charge in [-0.1, -0.05) is 13.3 Å². The van der Waals surface area contributed by atoms with Crippen LogP contribution in [0.5, 0.6) is 0 Å². The largest absolute Gasteiger partial charge is 0.395 e. The Kier molecular flexibility index (Phi) is 7.82. The molecule has 6 heteroatoms. The summed E-state index contributed by atoms with van der Waals surface area (Å²) in [6, 6.07) is 0. The molecule has 5 N–H and O–H groups in total. The van der Waals surface area contributed by atoms with Gasteiger partial charge in [0, 0.05) is 6.54 Å². The number of rotatable bonds is 9. The van der Waals surface area contributed by atoms with E-state index < -0.39 is 31.6 Å². The molecule has 0 fully saturated rings. The van der Waals surface area contributed by atoms with Crippen LogP contribution in [0.15, 0.2) is 0 Å². The predicted molar refractivity (Wildman–Crippen MR) is 58.7 cm³/mol. The summed E-state index contributed by atoms with van der Waals surface area (Å²) in [4.78, 5) is 1.34. The molecule has 0 aromatic rings. The highest BCUT2D eigenvalue weighted by atomic mass is 16.3. The highest BCUT2D eigenvalue weighted by molar-refractivity contribution is 4.90. The van der Waals surface area contributed by atoms with Gasteiger partial charge in [-0.25, -0.2) is 0 Å². The molecule has 6 nitrogen and oxygen atoms in total. The monoisotopic (exact) mass is 237 g/mol. The van der Waals surface area contributed by atoms with E-state index in [-0.39, 0.29) is 13.2 Å². The molecule has 0 rings (SSSR count). The lowest BCUT2D eigenvalue weighted by Crippen LogP contribution is -2.61. The molecule has 0 saturated carbocycles. The molecule has 0 radical (unpaired) electrons. The summed E-state index contributed by atoms with van der Waals surface area (Å²) in [6.07, 6.45) is 0.270. The zero-order valence-corrected chi connectivity index (χ0v) is 9.71. The first kappa shape index (κ1) is 15.8. The molecule has 1 unspecified atom stereocenters. The summed E-state index contributed by atoms with van der Waals surface area (Å²) in [6.45, 7) is 0.298. The van der Waals surface area contributed by atoms with Crippen LogP contribution < -0.4 is 0 Å². The van der Waals surface area contributed by atoms with E-state index in [1.807, 2.05) is 6.92 Å². The molecule has 0 bridgehead atoms. The van der Waals surface area contributed by atoms with Crippen LogP contribution in [0.3, 0.4) is 0 Å². The summed E-state index contributed by atoms with van der Waals surface area (Å²) in [5.41, 5.74) is -1.29. The minimum atomic E-state index is -1.29. The van der Waals surface area contributed by atoms with Crippen molar-refractivity contribution < 1.29 is 25.5 Å². The van der Waals surface area contributed by atoms with Gasteiger partial charge in [0.2, 0.25) is 0 Å². The smallest absolute Gasteiger partial charge is 0.108 e. The van der Waals surface area contributed by atoms with Gasteiger partial charge in [0.1, 0.15) is 6.23 Å². The number of β-amino-alcohol motifs (C(OH)–C–C–N with tert-alkyl or cyclic N) is 1. The average molecular weight is 237 g/mol. The number of nitrogens with zero attached hydrogens (tertiary/aromatic N) is 1. The summed E-state index contributed by atoms with van der Waals surface area (Å²) >= 11 is 0. The molecule has 0 spiro atoms. The van der Waals surface area contributed by atoms with E-state index in [0.29, 0.717) is 6.42 Å². The van der Waals surface area contributed by atoms with Crippen molar-refractivity contribution in [3.8, 4) is 0 Å². The molecule has 0 aliphatic carbocycles. The van der Waals surface area contributed by atoms with Crippen LogP contribution in [0.2, 0.25) is 0 Å². The van der Waals surface area contributed by atoms with Gasteiger partial charge in [0.25, 0.3) is 0 Å². The Morgan fingerprint density at radius 3 is 1.88 bits per heavy atom. The van der Waals surface area contributed by atoms with Crippen molar-refractivity contribution >= 4 is 0 Å². The van der Waals surface area contributed by atoms with Crippen molar-refractivity contribution in [2.24, 2.45) is 0 Å². The van der Waals surface area contributed by atoms with E-state index in [4.69, 9.17) is 5.11 Å². The van der Waals surface area contributed by atoms with Gasteiger partial charge in [-0.05, 0) is 6.42 Å². The summed E-state index contributed by atoms with van der Waals surface area (Å²) in [7, 11) is 0. The molecule has 0 aliphatic rings. The molecular weight excluding hydrogens is 214 g/mol. The normalized spacial score (nSPS) is 14.4. The zero-order chi connectivity index (χ0) is 12.6. The topological polar surface area (TPSA) is 104 Å². The van der Waals surface area contributed by atoms with E-state index >= 15 is 0 Å². The third-order valence-electron chi connectivity index (χ3n) is 2.74. The van der Waals surface area contributed by atoms with Crippen LogP contribution in [-0.4, -0.2) is 75.2 Å². The van der Waals surface area contributed by atoms with Crippen LogP contribution in [0.4, 0.5) is 0 Å². The SMILES string of the molecule is CCCC(O)N(CCO)C(CO)(CO)CO. The second kappa shape index (κ2) is 7.94. The Hall–Kier alpha value is -0.240. The predicted octanol–water partition coefficient (Wildman–Crippen LogP) is -1.89. The van der Waals surface area contributed by atoms with Gasteiger partial charge >= 0.3 is 0 Å². The summed E-state index contributed by atoms with van der Waals surface area (Å²) in [5, 5.41) is 46.5. The number of aliphatic hydroxyl groups is 5. The van der Waals surface area contributed by atoms with Crippen molar-refractivity contribution in [3.05, 3.63) is 0 Å². The van der Waals surface area contributed by atoms with Crippen LogP contribution >= 0.6 is 0 Å². The molecule has 1 atom stereocenters. The number of aliphatic hydroxyl groups excluding tert-OH is 5. The minimum absolute atomic E-state index is 0.0862. The second-order valence-electron chi connectivity index (χ2n) is 3.88. The van der Waals surface area contributed by atoms with Crippen LogP contribution in [0.1, 0.15) is 19.8 Å². The third kappa shape index (κ3) is 3.65. The quantitative estimate of drug-likeness (QED) is 0.301. The minimum Gasteiger partial charge on any atom is -0.395 e. The first-order valence-corrected chi connectivity index (χ1v) is 5.50. The summed E-state index contributed by atoms with van der Waals surface area (Å²) < 4.78 is 0. The van der Waals surface area contributed by atoms with Gasteiger partial charge in [-0.3, -0.25) is 4.90 Å². The molecule has 0 aliphatic heterocycles. The zero-order valence-electron chi connectivity index (χ0n) is 9.71. The highest BCUT2D eigenvalue weighted by Gasteiger charge is 2.38. The van der Waals surface area contributed by atoms with Crippen molar-refractivity contribution in [2.75, 3.05) is 33.0 Å². The lowest BCUT2D eigenvalue weighted by atomic mass is 9.99. The summed E-state index contributed by atoms with van der Waals surface area (Å²) in [5.74, 6) is 0. The van der Waals surface area contributed by atoms with Crippen molar-refractivity contribution in [1.29, 1.82) is 0 Å². The first-order valence-electron chi connectivity index (χ1n) is 5.50. The van der Waals surface area contributed by atoms with Gasteiger partial charge in [-0.2, -0.15) is 0 Å². The molecular formula is C10H23NO5. The van der Waals surface area contributed by atoms with E-state index in [1.54, 1.807) is 0 Å². The Morgan fingerprint density at radius 1 is 1.06 bits per heavy atom. The van der Waals surface area contributed by atoms with Gasteiger partial charge in [-0.15, -0.1) is 0 Å². The molecule has 16 heavy (non-hydrogen) atoms. The fourth-order valence-electron chi connectivity index (χ4n) is 1.65. The van der Waals surface area contributed by atoms with Crippen molar-refractivity contribution in [3.63, 3.8) is 0 Å². The van der Waals surface area contributed by atoms with E-state index in [9.17, 15) is 20.4 Å². The number of hydrogen-bond donors (Lipinski definition) is 5. The maximum atomic E-state index is 9.85. The average Bonchev–Trinajstić information content (AvgIpc) is 2.31. The molecule has 0 saturated heterocycles. The fraction of sp³-hybridized carbons (Fsp3) is 1.00. The maximum Gasteiger partial charge on any atom is 0.108 e. The van der Waals surface area contributed by atoms with Gasteiger partial charge in [0.05, 0.1) is 32.0 Å². The number of hydrogen-bond acceptors (Lipinski definition) is 6. The molecule has 0 heterocycles. The van der Waals surface area contributed by atoms with E-state index in [0.717, 1.165) is 6.42 Å². The highest BCUT2D eigenvalue weighted by Crippen LogP contribution is 2.18. The Morgan fingerprint density at radius 2 is 1.56 bits per heavy atom. The van der Waals surface area contributed by atoms with Crippen LogP contribution in [0.25, 0.3) is 0 Å². The Bertz CT molecular complexity index is 166. The lowest BCUT2D eigenvalue weighted by Gasteiger charge is -2.42. The van der Waals surface area contributed by atoms with Gasteiger partial charge in [0.15, 0.2) is 0 Å². The van der Waals surface area contributed by atoms with E-state index in [2.05, 4.69) is 0 Å². The Labute approximate surface area is 95.8 Å². The third-order valence-corrected chi connectivity index (χ3v) is 2.74. The van der Waals surface area contributed by atoms with Crippen LogP contribution in [0, 0.1) is 0 Å². The van der Waals surface area contributed by atoms with Crippen molar-refractivity contribution in [1.82, 2.24) is 4.90 Å². The van der Waals surface area contributed by atoms with E-state index in [1.165, 1.54) is 4.90 Å². The van der Waals surface area contributed by atoms with Crippen molar-refractivity contribution in [2.45, 2.75) is 31.5 Å². The van der Waals surface area contributed by atoms with Crippen LogP contribution in [-0.2, 0) is 0 Å². The fourth-order valence-corrected chi connectivity index (χ4v) is 1.65. The second-order valence-corrected chi connectivity index (χ2v) is 3.88. The Balaban J connectivity index is 4.82. The molecule has 0 aromatic carbocycles. The standard InChI is InChI=1S/C10H23NO5/c1-2-3-9(16)11(4-5-12)10(6-13,7-14)8-15/h9,12-16H,2-8H2,1H3. The molecule has 0 amide bonds. The first-order chi connectivity index (χ1) is 7.61. The molecule has 0 aromatic heterocycles. The maximum absolute atomic E-state index is 9.85. The van der Waals surface area contributed by atoms with Gasteiger partial charge < -0.3 is 25.5 Å². The molecule has 98 valence electrons. The lowest BCUT2D eigenvalue weighted by molar-refractivity contribution is -0.132.